The summed E-state index contributed by atoms with van der Waals surface area (Å²) in [6.45, 7) is 4.13. The molecule has 0 saturated carbocycles. The molecule has 0 aromatic carbocycles. The van der Waals surface area contributed by atoms with E-state index in [1.807, 2.05) is 21.1 Å². The van der Waals surface area contributed by atoms with Gasteiger partial charge in [-0.15, -0.1) is 0 Å². The monoisotopic (exact) mass is 1320 g/mol. The number of carbonyl (C=O) groups excluding carboxylic acids is 2. The van der Waals surface area contributed by atoms with Crippen LogP contribution in [0.25, 0.3) is 0 Å². The molecule has 0 aliphatic heterocycles. The Hall–Kier alpha value is -3.59. The van der Waals surface area contributed by atoms with E-state index in [1.54, 1.807) is 0 Å². The number of esters is 2. The molecule has 0 heterocycles. The van der Waals surface area contributed by atoms with Gasteiger partial charge in [-0.25, -0.2) is 0 Å². The van der Waals surface area contributed by atoms with Gasteiger partial charge in [-0.1, -0.05) is 360 Å². The molecule has 0 fully saturated rings. The quantitative estimate of drug-likeness (QED) is 0.0195. The highest BCUT2D eigenvalue weighted by Gasteiger charge is 2.22. The molecule has 93 heavy (non-hydrogen) atoms. The van der Waals surface area contributed by atoms with Crippen LogP contribution in [-0.4, -0.2) is 70.0 Å². The lowest BCUT2D eigenvalue weighted by Gasteiger charge is -2.28. The molecule has 0 rings (SSSR count). The average molecular weight is 1320 g/mol. The summed E-state index contributed by atoms with van der Waals surface area (Å²) in [6, 6.07) is 0. The van der Waals surface area contributed by atoms with Gasteiger partial charge in [0.05, 0.1) is 27.7 Å². The second-order valence-corrected chi connectivity index (χ2v) is 28.4. The fourth-order valence-corrected chi connectivity index (χ4v) is 11.6. The van der Waals surface area contributed by atoms with Gasteiger partial charge in [-0.2, -0.15) is 0 Å². The molecular weight excluding hydrogens is 1170 g/mol. The fourth-order valence-electron chi connectivity index (χ4n) is 10.9. The van der Waals surface area contributed by atoms with Crippen molar-refractivity contribution in [3.8, 4) is 0 Å². The number of hydrogen-bond donors (Lipinski definition) is 0. The molecule has 0 aromatic rings. The van der Waals surface area contributed by atoms with Crippen LogP contribution in [0.2, 0.25) is 0 Å². The first kappa shape index (κ1) is 89.4. The Morgan fingerprint density at radius 2 is 0.613 bits per heavy atom. The molecule has 536 valence electrons. The van der Waals surface area contributed by atoms with Crippen molar-refractivity contribution in [2.75, 3.05) is 47.5 Å². The van der Waals surface area contributed by atoms with Crippen LogP contribution in [0.15, 0.2) is 122 Å². The molecule has 0 bridgehead atoms. The molecule has 0 N–H and O–H groups in total. The van der Waals surface area contributed by atoms with E-state index in [0.29, 0.717) is 17.4 Å². The lowest BCUT2D eigenvalue weighted by molar-refractivity contribution is -0.870. The van der Waals surface area contributed by atoms with Crippen molar-refractivity contribution in [2.24, 2.45) is 0 Å². The van der Waals surface area contributed by atoms with E-state index >= 15 is 0 Å². The van der Waals surface area contributed by atoms with Gasteiger partial charge in [0.25, 0.3) is 7.82 Å². The van der Waals surface area contributed by atoms with Crippen molar-refractivity contribution in [1.82, 2.24) is 0 Å². The third-order valence-corrected chi connectivity index (χ3v) is 17.7. The highest BCUT2D eigenvalue weighted by atomic mass is 31.2. The van der Waals surface area contributed by atoms with Crippen LogP contribution in [0.3, 0.4) is 0 Å². The minimum atomic E-state index is -4.66. The summed E-state index contributed by atoms with van der Waals surface area (Å²) in [4.78, 5) is 38.1. The van der Waals surface area contributed by atoms with Gasteiger partial charge in [0.2, 0.25) is 0 Å². The molecule has 10 heteroatoms. The molecule has 0 spiro atoms. The number of carbonyl (C=O) groups is 2. The van der Waals surface area contributed by atoms with E-state index in [9.17, 15) is 19.0 Å². The lowest BCUT2D eigenvalue weighted by Crippen LogP contribution is -2.37. The first-order valence-corrected chi connectivity index (χ1v) is 40.2. The van der Waals surface area contributed by atoms with E-state index in [4.69, 9.17) is 18.5 Å². The van der Waals surface area contributed by atoms with E-state index < -0.39 is 26.5 Å². The molecule has 9 nitrogen and oxygen atoms in total. The first-order valence-electron chi connectivity index (χ1n) is 38.7. The zero-order valence-corrected chi connectivity index (χ0v) is 62.1. The van der Waals surface area contributed by atoms with E-state index in [1.165, 1.54) is 199 Å². The van der Waals surface area contributed by atoms with Crippen molar-refractivity contribution >= 4 is 19.8 Å². The summed E-state index contributed by atoms with van der Waals surface area (Å²) >= 11 is 0. The maximum absolute atomic E-state index is 12.9. The summed E-state index contributed by atoms with van der Waals surface area (Å²) < 4.78 is 34.3. The zero-order chi connectivity index (χ0) is 67.6. The van der Waals surface area contributed by atoms with Crippen LogP contribution < -0.4 is 4.89 Å². The van der Waals surface area contributed by atoms with Crippen molar-refractivity contribution in [2.45, 2.75) is 347 Å². The maximum Gasteiger partial charge on any atom is 0.306 e. The number of rotatable bonds is 71. The maximum atomic E-state index is 12.9. The standard InChI is InChI=1S/C83H146NO8P/c1-6-8-10-12-14-16-18-20-22-24-26-28-30-32-34-36-38-40-42-44-46-48-50-52-54-56-58-60-62-64-66-68-70-72-74-76-83(86)92-81(80-91-93(87,88)90-78-77-84(3,4)5)79-89-82(85)75-73-71-69-67-65-63-61-59-57-55-53-51-49-47-45-43-41-39-37-35-33-31-29-27-25-23-21-19-17-15-13-11-9-7-2/h8,10,14,16,20,22,26,28,32,34,38,40,44,46,50,52,56,58,62,64,81H,6-7,9,11-13,15,17-19,21,23-25,27,29-31,33,35-37,39,41-43,45,47-49,51,53-55,57,59-61,63,65-80H2,1-5H3/b10-8-,16-14-,22-20-,28-26-,34-32-,40-38-,46-44-,52-50-,58-56-,64-62-. The second kappa shape index (κ2) is 72.7. The van der Waals surface area contributed by atoms with Gasteiger partial charge in [-0.05, 0) is 89.9 Å². The molecular formula is C83H146NO8P. The fraction of sp³-hybridized carbons (Fsp3) is 0.735. The topological polar surface area (TPSA) is 111 Å². The average Bonchev–Trinajstić information content (AvgIpc) is 2.44. The van der Waals surface area contributed by atoms with Crippen LogP contribution in [-0.2, 0) is 32.7 Å². The van der Waals surface area contributed by atoms with Crippen LogP contribution in [0, 0.1) is 0 Å². The lowest BCUT2D eigenvalue weighted by atomic mass is 10.0. The van der Waals surface area contributed by atoms with E-state index in [-0.39, 0.29) is 32.0 Å². The number of quaternary nitrogens is 1. The van der Waals surface area contributed by atoms with Crippen molar-refractivity contribution in [3.63, 3.8) is 0 Å². The number of phosphoric ester groups is 1. The molecule has 0 aliphatic carbocycles. The Morgan fingerprint density at radius 3 is 0.914 bits per heavy atom. The van der Waals surface area contributed by atoms with Gasteiger partial charge >= 0.3 is 11.9 Å². The van der Waals surface area contributed by atoms with Crippen LogP contribution in [0.4, 0.5) is 0 Å². The second-order valence-electron chi connectivity index (χ2n) is 27.0. The Labute approximate surface area is 575 Å². The summed E-state index contributed by atoms with van der Waals surface area (Å²) in [5.74, 6) is -0.857. The number of likely N-dealkylation sites (N-methyl/N-ethyl adjacent to an activating group) is 1. The van der Waals surface area contributed by atoms with Crippen molar-refractivity contribution in [3.05, 3.63) is 122 Å². The van der Waals surface area contributed by atoms with Gasteiger partial charge < -0.3 is 27.9 Å². The Morgan fingerprint density at radius 1 is 0.344 bits per heavy atom. The van der Waals surface area contributed by atoms with Crippen LogP contribution in [0.1, 0.15) is 341 Å². The molecule has 2 atom stereocenters. The number of unbranched alkanes of at least 4 members (excludes halogenated alkanes) is 37. The molecule has 0 amide bonds. The summed E-state index contributed by atoms with van der Waals surface area (Å²) in [5.41, 5.74) is 0. The van der Waals surface area contributed by atoms with E-state index in [2.05, 4.69) is 135 Å². The Balaban J connectivity index is 4.07. The van der Waals surface area contributed by atoms with Gasteiger partial charge in [-0.3, -0.25) is 14.2 Å². The minimum Gasteiger partial charge on any atom is -0.756 e. The number of allylic oxidation sites excluding steroid dienone is 20. The third kappa shape index (κ3) is 77.3. The molecule has 2 unspecified atom stereocenters. The van der Waals surface area contributed by atoms with Crippen LogP contribution >= 0.6 is 7.82 Å². The highest BCUT2D eigenvalue weighted by Crippen LogP contribution is 2.38. The van der Waals surface area contributed by atoms with Gasteiger partial charge in [0.15, 0.2) is 6.10 Å². The van der Waals surface area contributed by atoms with Gasteiger partial charge in [0.1, 0.15) is 19.8 Å². The minimum absolute atomic E-state index is 0.0408. The van der Waals surface area contributed by atoms with Crippen molar-refractivity contribution in [1.29, 1.82) is 0 Å². The predicted molar refractivity (Wildman–Crippen MR) is 401 cm³/mol. The third-order valence-electron chi connectivity index (χ3n) is 16.7. The Kier molecular flexibility index (Phi) is 69.9. The zero-order valence-electron chi connectivity index (χ0n) is 61.2. The molecule has 0 aromatic heterocycles. The predicted octanol–water partition coefficient (Wildman–Crippen LogP) is 25.1. The number of nitrogens with zero attached hydrogens (tertiary/aromatic N) is 1. The summed E-state index contributed by atoms with van der Waals surface area (Å²) in [7, 11) is 1.14. The summed E-state index contributed by atoms with van der Waals surface area (Å²) in [6.07, 6.45) is 105. The largest absolute Gasteiger partial charge is 0.756 e. The summed E-state index contributed by atoms with van der Waals surface area (Å²) in [5, 5.41) is 0. The number of ether oxygens (including phenoxy) is 2. The number of hydrogen-bond acceptors (Lipinski definition) is 8. The van der Waals surface area contributed by atoms with E-state index in [0.717, 1.165) is 109 Å². The highest BCUT2D eigenvalue weighted by molar-refractivity contribution is 7.45. The van der Waals surface area contributed by atoms with Crippen LogP contribution in [0.5, 0.6) is 0 Å². The van der Waals surface area contributed by atoms with Gasteiger partial charge in [0, 0.05) is 12.8 Å². The first-order chi connectivity index (χ1) is 45.5. The SMILES string of the molecule is CC/C=C\C/C=C\C/C=C\C/C=C\C/C=C\C/C=C\C/C=C\C/C=C\C/C=C\C/C=C\CCCCCCC(=O)OC(COC(=O)CCCCCCCCCCCCCCCCCCCCCCCCCCCCCCCCCCCC)COP(=O)([O-])OCC[N+](C)(C)C. The molecule has 0 saturated heterocycles. The Bertz CT molecular complexity index is 1990. The normalized spacial score (nSPS) is 13.7. The molecule has 0 aliphatic rings. The number of phosphoric acid groups is 1. The molecule has 0 radical (unpaired) electrons. The smallest absolute Gasteiger partial charge is 0.306 e. The van der Waals surface area contributed by atoms with Crippen molar-refractivity contribution < 1.29 is 42.1 Å².